The van der Waals surface area contributed by atoms with E-state index >= 15 is 0 Å². The SMILES string of the molecule is COc1ccc(C=O)c(B(O)O)c1F. The summed E-state index contributed by atoms with van der Waals surface area (Å²) in [6.07, 6.45) is 0.345. The van der Waals surface area contributed by atoms with Crippen LogP contribution in [0.15, 0.2) is 12.1 Å². The van der Waals surface area contributed by atoms with Crippen LogP contribution >= 0.6 is 0 Å². The van der Waals surface area contributed by atoms with Gasteiger partial charge in [-0.1, -0.05) is 0 Å². The third-order valence-electron chi connectivity index (χ3n) is 1.78. The molecule has 0 spiro atoms. The Morgan fingerprint density at radius 3 is 2.57 bits per heavy atom. The van der Waals surface area contributed by atoms with E-state index in [1.165, 1.54) is 19.2 Å². The highest BCUT2D eigenvalue weighted by Crippen LogP contribution is 2.15. The summed E-state index contributed by atoms with van der Waals surface area (Å²) in [5.41, 5.74) is -0.586. The van der Waals surface area contributed by atoms with Crippen molar-refractivity contribution in [3.05, 3.63) is 23.5 Å². The fourth-order valence-electron chi connectivity index (χ4n) is 1.11. The first kappa shape index (κ1) is 10.7. The van der Waals surface area contributed by atoms with Gasteiger partial charge in [0, 0.05) is 11.0 Å². The number of benzene rings is 1. The number of carbonyl (C=O) groups excluding carboxylic acids is 1. The molecule has 0 bridgehead atoms. The van der Waals surface area contributed by atoms with Crippen molar-refractivity contribution in [1.29, 1.82) is 0 Å². The van der Waals surface area contributed by atoms with E-state index in [-0.39, 0.29) is 11.3 Å². The van der Waals surface area contributed by atoms with Gasteiger partial charge in [0.25, 0.3) is 0 Å². The van der Waals surface area contributed by atoms with Gasteiger partial charge in [-0.25, -0.2) is 4.39 Å². The van der Waals surface area contributed by atoms with E-state index in [4.69, 9.17) is 10.0 Å². The molecule has 14 heavy (non-hydrogen) atoms. The lowest BCUT2D eigenvalue weighted by Crippen LogP contribution is -2.36. The lowest BCUT2D eigenvalue weighted by Gasteiger charge is -2.08. The van der Waals surface area contributed by atoms with Crippen LogP contribution in [0, 0.1) is 5.82 Å². The van der Waals surface area contributed by atoms with Gasteiger partial charge in [-0.2, -0.15) is 0 Å². The van der Waals surface area contributed by atoms with Gasteiger partial charge >= 0.3 is 7.12 Å². The number of rotatable bonds is 3. The van der Waals surface area contributed by atoms with E-state index in [2.05, 4.69) is 4.74 Å². The average molecular weight is 198 g/mol. The number of methoxy groups -OCH3 is 1. The molecule has 0 aliphatic rings. The van der Waals surface area contributed by atoms with E-state index < -0.39 is 18.4 Å². The molecule has 1 aromatic rings. The molecule has 0 unspecified atom stereocenters. The molecule has 4 nitrogen and oxygen atoms in total. The van der Waals surface area contributed by atoms with Crippen LogP contribution in [-0.4, -0.2) is 30.6 Å². The smallest absolute Gasteiger partial charge is 0.492 e. The van der Waals surface area contributed by atoms with Crippen LogP contribution in [0.4, 0.5) is 4.39 Å². The van der Waals surface area contributed by atoms with E-state index in [0.717, 1.165) is 0 Å². The zero-order valence-corrected chi connectivity index (χ0v) is 7.40. The summed E-state index contributed by atoms with van der Waals surface area (Å²) in [7, 11) is -0.794. The van der Waals surface area contributed by atoms with E-state index in [9.17, 15) is 9.18 Å². The molecule has 0 atom stereocenters. The number of hydrogen-bond acceptors (Lipinski definition) is 4. The van der Waals surface area contributed by atoms with Gasteiger partial charge in [0.05, 0.1) is 7.11 Å². The third-order valence-corrected chi connectivity index (χ3v) is 1.78. The number of ether oxygens (including phenoxy) is 1. The molecule has 0 radical (unpaired) electrons. The van der Waals surface area contributed by atoms with Crippen LogP contribution in [0.2, 0.25) is 0 Å². The molecule has 0 aliphatic carbocycles. The van der Waals surface area contributed by atoms with Crippen molar-refractivity contribution < 1.29 is 24.0 Å². The number of carbonyl (C=O) groups is 1. The highest BCUT2D eigenvalue weighted by molar-refractivity contribution is 6.60. The quantitative estimate of drug-likeness (QED) is 0.499. The standard InChI is InChI=1S/C8H8BFO4/c1-14-6-3-2-5(4-11)7(8(6)10)9(12)13/h2-4,12-13H,1H3. The van der Waals surface area contributed by atoms with Crippen molar-refractivity contribution >= 4 is 18.9 Å². The highest BCUT2D eigenvalue weighted by Gasteiger charge is 2.23. The Kier molecular flexibility index (Phi) is 3.21. The molecule has 1 rings (SSSR count). The second-order valence-corrected chi connectivity index (χ2v) is 2.58. The molecule has 0 aromatic heterocycles. The average Bonchev–Trinajstić information content (AvgIpc) is 2.16. The van der Waals surface area contributed by atoms with Crippen LogP contribution in [-0.2, 0) is 0 Å². The predicted octanol–water partition coefficient (Wildman–Crippen LogP) is -0.673. The maximum Gasteiger partial charge on any atom is 0.492 e. The molecule has 0 aliphatic heterocycles. The second-order valence-electron chi connectivity index (χ2n) is 2.58. The summed E-state index contributed by atoms with van der Waals surface area (Å²) in [4.78, 5) is 10.5. The fourth-order valence-corrected chi connectivity index (χ4v) is 1.11. The molecular formula is C8H8BFO4. The Bertz CT molecular complexity index is 353. The minimum Gasteiger partial charge on any atom is -0.494 e. The molecule has 1 aromatic carbocycles. The zero-order valence-electron chi connectivity index (χ0n) is 7.40. The van der Waals surface area contributed by atoms with Crippen molar-refractivity contribution in [2.45, 2.75) is 0 Å². The van der Waals surface area contributed by atoms with Gasteiger partial charge in [0.2, 0.25) is 0 Å². The molecule has 0 amide bonds. The molecule has 0 fully saturated rings. The van der Waals surface area contributed by atoms with E-state index in [0.29, 0.717) is 6.29 Å². The van der Waals surface area contributed by atoms with E-state index in [1.54, 1.807) is 0 Å². The summed E-state index contributed by atoms with van der Waals surface area (Å²) in [5.74, 6) is -1.08. The van der Waals surface area contributed by atoms with Crippen LogP contribution < -0.4 is 10.2 Å². The van der Waals surface area contributed by atoms with Crippen molar-refractivity contribution in [2.75, 3.05) is 7.11 Å². The maximum atomic E-state index is 13.4. The first-order valence-electron chi connectivity index (χ1n) is 3.79. The van der Waals surface area contributed by atoms with Gasteiger partial charge < -0.3 is 14.8 Å². The Morgan fingerprint density at radius 1 is 1.50 bits per heavy atom. The first-order chi connectivity index (χ1) is 6.61. The van der Waals surface area contributed by atoms with Crippen molar-refractivity contribution in [2.24, 2.45) is 0 Å². The van der Waals surface area contributed by atoms with Gasteiger partial charge in [0.1, 0.15) is 6.29 Å². The molecule has 6 heteroatoms. The maximum absolute atomic E-state index is 13.4. The van der Waals surface area contributed by atoms with Crippen LogP contribution in [0.3, 0.4) is 0 Å². The molecule has 0 saturated heterocycles. The Labute approximate surface area is 80.1 Å². The van der Waals surface area contributed by atoms with Crippen LogP contribution in [0.1, 0.15) is 10.4 Å². The van der Waals surface area contributed by atoms with Crippen molar-refractivity contribution in [1.82, 2.24) is 0 Å². The summed E-state index contributed by atoms with van der Waals surface area (Å²) in [6.45, 7) is 0. The summed E-state index contributed by atoms with van der Waals surface area (Å²) in [5, 5.41) is 17.7. The van der Waals surface area contributed by atoms with Crippen LogP contribution in [0.5, 0.6) is 5.75 Å². The monoisotopic (exact) mass is 198 g/mol. The molecule has 2 N–H and O–H groups in total. The fraction of sp³-hybridized carbons (Fsp3) is 0.125. The topological polar surface area (TPSA) is 66.8 Å². The number of aldehydes is 1. The summed E-state index contributed by atoms with van der Waals surface area (Å²) in [6, 6.07) is 2.49. The minimum atomic E-state index is -2.04. The lowest BCUT2D eigenvalue weighted by atomic mass is 9.76. The normalized spacial score (nSPS) is 9.71. The lowest BCUT2D eigenvalue weighted by molar-refractivity contribution is 0.112. The van der Waals surface area contributed by atoms with Gasteiger partial charge in [-0.05, 0) is 12.1 Å². The number of halogens is 1. The zero-order chi connectivity index (χ0) is 10.7. The van der Waals surface area contributed by atoms with Crippen molar-refractivity contribution in [3.63, 3.8) is 0 Å². The Hall–Kier alpha value is -1.40. The molecule has 0 saturated carbocycles. The van der Waals surface area contributed by atoms with E-state index in [1.807, 2.05) is 0 Å². The van der Waals surface area contributed by atoms with Crippen molar-refractivity contribution in [3.8, 4) is 5.75 Å². The first-order valence-corrected chi connectivity index (χ1v) is 3.79. The summed E-state index contributed by atoms with van der Waals surface area (Å²) >= 11 is 0. The predicted molar refractivity (Wildman–Crippen MR) is 48.2 cm³/mol. The summed E-state index contributed by atoms with van der Waals surface area (Å²) < 4.78 is 18.0. The molecule has 74 valence electrons. The second kappa shape index (κ2) is 4.21. The van der Waals surface area contributed by atoms with Gasteiger partial charge in [-0.3, -0.25) is 4.79 Å². The van der Waals surface area contributed by atoms with Gasteiger partial charge in [0.15, 0.2) is 11.6 Å². The largest absolute Gasteiger partial charge is 0.494 e. The molecule has 0 heterocycles. The highest BCUT2D eigenvalue weighted by atomic mass is 19.1. The Balaban J connectivity index is 3.38. The van der Waals surface area contributed by atoms with Gasteiger partial charge in [-0.15, -0.1) is 0 Å². The third kappa shape index (κ3) is 1.76. The van der Waals surface area contributed by atoms with Crippen LogP contribution in [0.25, 0.3) is 0 Å². The Morgan fingerprint density at radius 2 is 2.14 bits per heavy atom. The molecular weight excluding hydrogens is 190 g/mol. The number of hydrogen-bond donors (Lipinski definition) is 2. The minimum absolute atomic E-state index is 0.113.